The van der Waals surface area contributed by atoms with Crippen molar-refractivity contribution < 1.29 is 24.2 Å². The Morgan fingerprint density at radius 1 is 1.43 bits per heavy atom. The molecule has 0 aromatic rings. The second-order valence-electron chi connectivity index (χ2n) is 5.44. The number of hydrogen-bond acceptors (Lipinski definition) is 7. The van der Waals surface area contributed by atoms with Crippen LogP contribution in [-0.2, 0) is 14.3 Å². The molecule has 0 saturated carbocycles. The zero-order valence-electron chi connectivity index (χ0n) is 13.6. The van der Waals surface area contributed by atoms with Gasteiger partial charge in [0.05, 0.1) is 6.04 Å². The van der Waals surface area contributed by atoms with Crippen molar-refractivity contribution in [3.8, 4) is 0 Å². The molecule has 0 aliphatic carbocycles. The number of hydrazone groups is 1. The normalized spacial score (nSPS) is 13.4. The Hall–Kier alpha value is -2.58. The highest BCUT2D eigenvalue weighted by Crippen LogP contribution is 2.10. The summed E-state index contributed by atoms with van der Waals surface area (Å²) in [6, 6.07) is -1.63. The first-order valence-corrected chi connectivity index (χ1v) is 6.93. The van der Waals surface area contributed by atoms with Crippen LogP contribution < -0.4 is 16.3 Å². The van der Waals surface area contributed by atoms with Crippen LogP contribution in [-0.4, -0.2) is 42.5 Å². The lowest BCUT2D eigenvalue weighted by Gasteiger charge is -2.20. The maximum absolute atomic E-state index is 11.7. The number of aliphatic imine (C=N–C) groups is 1. The van der Waals surface area contributed by atoms with E-state index in [1.165, 1.54) is 12.3 Å². The molecule has 3 N–H and O–H groups in total. The third-order valence-electron chi connectivity index (χ3n) is 2.08. The molecule has 1 unspecified atom stereocenters. The van der Waals surface area contributed by atoms with Gasteiger partial charge in [0.2, 0.25) is 0 Å². The molecule has 9 heteroatoms. The molecule has 0 heterocycles. The zero-order chi connectivity index (χ0) is 17.9. The second-order valence-corrected chi connectivity index (χ2v) is 5.44. The van der Waals surface area contributed by atoms with Crippen molar-refractivity contribution in [2.75, 3.05) is 6.61 Å². The maximum Gasteiger partial charge on any atom is 0.332 e. The van der Waals surface area contributed by atoms with Gasteiger partial charge in [0.25, 0.3) is 0 Å². The molecule has 2 amide bonds. The lowest BCUT2D eigenvalue weighted by molar-refractivity contribution is -0.249. The molecule has 1 atom stereocenters. The lowest BCUT2D eigenvalue weighted by Crippen LogP contribution is -2.28. The predicted octanol–water partition coefficient (Wildman–Crippen LogP) is 0.0499. The molecule has 0 bridgehead atoms. The molecule has 0 rings (SSSR count). The molecule has 0 saturated heterocycles. The Morgan fingerprint density at radius 2 is 2.09 bits per heavy atom. The molecule has 0 spiro atoms. The Morgan fingerprint density at radius 3 is 2.61 bits per heavy atom. The number of urea groups is 1. The van der Waals surface area contributed by atoms with E-state index >= 15 is 0 Å². The van der Waals surface area contributed by atoms with Crippen LogP contribution in [0.5, 0.6) is 0 Å². The molecular weight excluding hydrogens is 304 g/mol. The summed E-state index contributed by atoms with van der Waals surface area (Å²) in [4.78, 5) is 26.0. The summed E-state index contributed by atoms with van der Waals surface area (Å²) in [6.07, 6.45) is 1.92. The lowest BCUT2D eigenvalue weighted by atomic mass is 10.1. The fraction of sp³-hybridized carbons (Fsp3) is 0.571. The number of nitrogens with two attached hydrogens (primary N) is 1. The highest BCUT2D eigenvalue weighted by Gasteiger charge is 2.17. The average Bonchev–Trinajstić information content (AvgIpc) is 2.40. The molecule has 0 aliphatic heterocycles. The maximum atomic E-state index is 11.7. The van der Waals surface area contributed by atoms with E-state index in [4.69, 9.17) is 15.2 Å². The summed E-state index contributed by atoms with van der Waals surface area (Å²) >= 11 is 0. The quantitative estimate of drug-likeness (QED) is 0.213. The highest BCUT2D eigenvalue weighted by atomic mass is 16.6. The SMILES string of the molecule is C=CCOC([O-])=NC(/C=N/NC(N)=O)CCC(=O)OC(C)(C)C. The number of nitrogens with one attached hydrogen (secondary N) is 1. The fourth-order valence-electron chi connectivity index (χ4n) is 1.32. The molecule has 0 radical (unpaired) electrons. The average molecular weight is 327 g/mol. The van der Waals surface area contributed by atoms with Gasteiger partial charge in [-0.05, 0) is 27.2 Å². The van der Waals surface area contributed by atoms with Gasteiger partial charge in [0, 0.05) is 19.2 Å². The first kappa shape index (κ1) is 20.4. The highest BCUT2D eigenvalue weighted by molar-refractivity contribution is 5.76. The van der Waals surface area contributed by atoms with Gasteiger partial charge in [-0.15, -0.1) is 6.58 Å². The minimum atomic E-state index is -0.860. The van der Waals surface area contributed by atoms with Crippen LogP contribution in [0.15, 0.2) is 22.7 Å². The van der Waals surface area contributed by atoms with Crippen molar-refractivity contribution in [2.45, 2.75) is 45.3 Å². The van der Waals surface area contributed by atoms with Crippen molar-refractivity contribution >= 4 is 24.3 Å². The summed E-state index contributed by atoms with van der Waals surface area (Å²) in [6.45, 7) is 8.66. The van der Waals surface area contributed by atoms with Crippen molar-refractivity contribution in [2.24, 2.45) is 15.8 Å². The summed E-state index contributed by atoms with van der Waals surface area (Å²) in [5, 5.41) is 15.0. The van der Waals surface area contributed by atoms with Crippen LogP contribution in [0.25, 0.3) is 0 Å². The van der Waals surface area contributed by atoms with E-state index in [-0.39, 0.29) is 19.4 Å². The van der Waals surface area contributed by atoms with Crippen LogP contribution in [0.3, 0.4) is 0 Å². The molecule has 130 valence electrons. The number of primary amides is 1. The van der Waals surface area contributed by atoms with Gasteiger partial charge < -0.3 is 20.3 Å². The van der Waals surface area contributed by atoms with Gasteiger partial charge in [0.15, 0.2) is 0 Å². The van der Waals surface area contributed by atoms with Gasteiger partial charge in [-0.2, -0.15) is 5.10 Å². The van der Waals surface area contributed by atoms with E-state index < -0.39 is 29.7 Å². The number of carbonyl (C=O) groups excluding carboxylic acids is 2. The number of nitrogens with zero attached hydrogens (tertiary/aromatic N) is 2. The summed E-state index contributed by atoms with van der Waals surface area (Å²) < 4.78 is 9.88. The molecule has 23 heavy (non-hydrogen) atoms. The predicted molar refractivity (Wildman–Crippen MR) is 83.7 cm³/mol. The second kappa shape index (κ2) is 10.2. The third-order valence-corrected chi connectivity index (χ3v) is 2.08. The van der Waals surface area contributed by atoms with Crippen LogP contribution in [0, 0.1) is 0 Å². The van der Waals surface area contributed by atoms with Crippen LogP contribution in [0.1, 0.15) is 33.6 Å². The number of rotatable bonds is 8. The Kier molecular flexibility index (Phi) is 9.05. The van der Waals surface area contributed by atoms with Crippen LogP contribution in [0.4, 0.5) is 4.79 Å². The van der Waals surface area contributed by atoms with Crippen molar-refractivity contribution in [1.29, 1.82) is 0 Å². The number of amides is 2. The monoisotopic (exact) mass is 327 g/mol. The van der Waals surface area contributed by atoms with Gasteiger partial charge in [-0.25, -0.2) is 10.2 Å². The van der Waals surface area contributed by atoms with E-state index in [0.717, 1.165) is 0 Å². The molecule has 0 fully saturated rings. The zero-order valence-corrected chi connectivity index (χ0v) is 13.6. The van der Waals surface area contributed by atoms with Gasteiger partial charge >= 0.3 is 12.0 Å². The minimum Gasteiger partial charge on any atom is -0.596 e. The number of ether oxygens (including phenoxy) is 2. The molecule has 0 aromatic heterocycles. The van der Waals surface area contributed by atoms with E-state index in [1.54, 1.807) is 20.8 Å². The Balaban J connectivity index is 4.71. The van der Waals surface area contributed by atoms with Crippen LogP contribution in [0.2, 0.25) is 0 Å². The van der Waals surface area contributed by atoms with Gasteiger partial charge in [0.1, 0.15) is 11.7 Å². The van der Waals surface area contributed by atoms with Crippen molar-refractivity contribution in [3.05, 3.63) is 12.7 Å². The van der Waals surface area contributed by atoms with Crippen LogP contribution >= 0.6 is 0 Å². The van der Waals surface area contributed by atoms with Gasteiger partial charge in [-0.3, -0.25) is 9.79 Å². The first-order chi connectivity index (χ1) is 10.6. The van der Waals surface area contributed by atoms with E-state index in [1.807, 2.05) is 5.43 Å². The molecular formula is C14H23N4O5-. The summed E-state index contributed by atoms with van der Waals surface area (Å²) in [5.41, 5.74) is 6.25. The third kappa shape index (κ3) is 12.8. The molecule has 0 aliphatic rings. The smallest absolute Gasteiger partial charge is 0.332 e. The first-order valence-electron chi connectivity index (χ1n) is 6.93. The summed E-state index contributed by atoms with van der Waals surface area (Å²) in [5.74, 6) is -0.437. The molecule has 0 aromatic carbocycles. The number of carbonyl (C=O) groups is 2. The van der Waals surface area contributed by atoms with Crippen molar-refractivity contribution in [1.82, 2.24) is 5.43 Å². The standard InChI is InChI=1S/C14H24N4O5/c1-5-8-22-13(21)17-10(9-16-18-12(15)20)6-7-11(19)23-14(2,3)4/h5,9-10H,1,6-8H2,2-4H3,(H,17,21)(H3,15,18,20)/p-1/b16-9+. The minimum absolute atomic E-state index is 0.0117. The van der Waals surface area contributed by atoms with Gasteiger partial charge in [-0.1, -0.05) is 6.08 Å². The van der Waals surface area contributed by atoms with E-state index in [9.17, 15) is 14.7 Å². The summed E-state index contributed by atoms with van der Waals surface area (Å²) in [7, 11) is 0. The van der Waals surface area contributed by atoms with E-state index in [2.05, 4.69) is 16.7 Å². The number of esters is 1. The molecule has 9 nitrogen and oxygen atoms in total. The van der Waals surface area contributed by atoms with E-state index in [0.29, 0.717) is 0 Å². The largest absolute Gasteiger partial charge is 0.596 e. The fourth-order valence-corrected chi connectivity index (χ4v) is 1.32. The Labute approximate surface area is 135 Å². The van der Waals surface area contributed by atoms with Crippen molar-refractivity contribution in [3.63, 3.8) is 0 Å². The topological polar surface area (TPSA) is 138 Å². The Bertz CT molecular complexity index is 468. The number of hydrogen-bond donors (Lipinski definition) is 2.